The highest BCUT2D eigenvalue weighted by Gasteiger charge is 2.25. The van der Waals surface area contributed by atoms with Gasteiger partial charge in [-0.2, -0.15) is 0 Å². The molecule has 0 spiro atoms. The number of hydrogen-bond donors (Lipinski definition) is 0. The molecular formula is C17H17NO7. The quantitative estimate of drug-likeness (QED) is 0.313. The van der Waals surface area contributed by atoms with Crippen LogP contribution in [0.4, 0.5) is 5.69 Å². The zero-order valence-corrected chi connectivity index (χ0v) is 13.7. The molecule has 1 atom stereocenters. The molecule has 0 saturated carbocycles. The van der Waals surface area contributed by atoms with Crippen molar-refractivity contribution in [2.75, 3.05) is 14.2 Å². The van der Waals surface area contributed by atoms with Crippen LogP contribution in [0.15, 0.2) is 48.5 Å². The molecule has 25 heavy (non-hydrogen) atoms. The SMILES string of the molecule is COC(=O)C(OC)Oc1cc(OCc2ccccc2)ccc1[N+](=O)[O-]. The van der Waals surface area contributed by atoms with Crippen molar-refractivity contribution in [3.8, 4) is 11.5 Å². The Morgan fingerprint density at radius 2 is 1.88 bits per heavy atom. The molecule has 8 heteroatoms. The van der Waals surface area contributed by atoms with Gasteiger partial charge in [0.15, 0.2) is 0 Å². The Balaban J connectivity index is 2.20. The Kier molecular flexibility index (Phi) is 6.30. The summed E-state index contributed by atoms with van der Waals surface area (Å²) in [5.74, 6) is -0.621. The zero-order valence-electron chi connectivity index (χ0n) is 13.7. The Labute approximate surface area is 144 Å². The molecule has 0 saturated heterocycles. The summed E-state index contributed by atoms with van der Waals surface area (Å²) in [5, 5.41) is 11.1. The van der Waals surface area contributed by atoms with Crippen molar-refractivity contribution < 1.29 is 28.7 Å². The van der Waals surface area contributed by atoms with Crippen molar-refractivity contribution in [2.24, 2.45) is 0 Å². The molecule has 8 nitrogen and oxygen atoms in total. The third-order valence-electron chi connectivity index (χ3n) is 3.22. The fourth-order valence-electron chi connectivity index (χ4n) is 1.97. The van der Waals surface area contributed by atoms with E-state index >= 15 is 0 Å². The van der Waals surface area contributed by atoms with Gasteiger partial charge in [-0.15, -0.1) is 0 Å². The van der Waals surface area contributed by atoms with E-state index in [1.807, 2.05) is 30.3 Å². The van der Waals surface area contributed by atoms with Crippen molar-refractivity contribution in [1.82, 2.24) is 0 Å². The van der Waals surface area contributed by atoms with E-state index in [0.29, 0.717) is 5.75 Å². The summed E-state index contributed by atoms with van der Waals surface area (Å²) in [6.45, 7) is 0.281. The van der Waals surface area contributed by atoms with Crippen molar-refractivity contribution >= 4 is 11.7 Å². The van der Waals surface area contributed by atoms with Gasteiger partial charge in [0.1, 0.15) is 12.4 Å². The molecule has 0 N–H and O–H groups in total. The summed E-state index contributed by atoms with van der Waals surface area (Å²) in [5.41, 5.74) is 0.616. The van der Waals surface area contributed by atoms with Gasteiger partial charge in [-0.1, -0.05) is 30.3 Å². The molecule has 0 aliphatic carbocycles. The van der Waals surface area contributed by atoms with Gasteiger partial charge in [0.2, 0.25) is 5.75 Å². The molecule has 2 aromatic carbocycles. The van der Waals surface area contributed by atoms with Gasteiger partial charge >= 0.3 is 11.7 Å². The second-order valence-corrected chi connectivity index (χ2v) is 4.87. The van der Waals surface area contributed by atoms with Crippen molar-refractivity contribution in [3.05, 3.63) is 64.2 Å². The van der Waals surface area contributed by atoms with Crippen LogP contribution in [-0.4, -0.2) is 31.4 Å². The van der Waals surface area contributed by atoms with Crippen LogP contribution in [-0.2, 0) is 20.9 Å². The van der Waals surface area contributed by atoms with Gasteiger partial charge < -0.3 is 18.9 Å². The van der Waals surface area contributed by atoms with Gasteiger partial charge in [0, 0.05) is 19.2 Å². The molecule has 0 bridgehead atoms. The molecule has 0 amide bonds. The molecule has 2 aromatic rings. The highest BCUT2D eigenvalue weighted by Crippen LogP contribution is 2.32. The van der Waals surface area contributed by atoms with E-state index < -0.39 is 17.2 Å². The summed E-state index contributed by atoms with van der Waals surface area (Å²) in [4.78, 5) is 22.1. The first kappa shape index (κ1) is 18.2. The van der Waals surface area contributed by atoms with E-state index in [2.05, 4.69) is 4.74 Å². The van der Waals surface area contributed by atoms with E-state index in [0.717, 1.165) is 12.7 Å². The minimum absolute atomic E-state index is 0.159. The Morgan fingerprint density at radius 1 is 1.16 bits per heavy atom. The largest absolute Gasteiger partial charge is 0.489 e. The number of nitro groups is 1. The molecule has 2 rings (SSSR count). The maximum absolute atomic E-state index is 11.6. The number of nitro benzene ring substituents is 1. The smallest absolute Gasteiger partial charge is 0.376 e. The van der Waals surface area contributed by atoms with Crippen molar-refractivity contribution in [1.29, 1.82) is 0 Å². The number of methoxy groups -OCH3 is 2. The molecule has 132 valence electrons. The average Bonchev–Trinajstić information content (AvgIpc) is 2.64. The minimum Gasteiger partial charge on any atom is -0.489 e. The second kappa shape index (κ2) is 8.65. The van der Waals surface area contributed by atoms with Crippen LogP contribution in [0.3, 0.4) is 0 Å². The summed E-state index contributed by atoms with van der Waals surface area (Å²) in [6.07, 6.45) is -1.42. The number of hydrogen-bond acceptors (Lipinski definition) is 7. The highest BCUT2D eigenvalue weighted by atomic mass is 16.7. The Bertz CT molecular complexity index is 733. The monoisotopic (exact) mass is 347 g/mol. The lowest BCUT2D eigenvalue weighted by atomic mass is 10.2. The normalized spacial score (nSPS) is 11.4. The van der Waals surface area contributed by atoms with Gasteiger partial charge in [0.25, 0.3) is 6.29 Å². The predicted octanol–water partition coefficient (Wildman–Crippen LogP) is 2.70. The summed E-state index contributed by atoms with van der Waals surface area (Å²) in [7, 11) is 2.38. The first-order valence-corrected chi connectivity index (χ1v) is 7.27. The fourth-order valence-corrected chi connectivity index (χ4v) is 1.97. The van der Waals surface area contributed by atoms with E-state index in [1.54, 1.807) is 0 Å². The van der Waals surface area contributed by atoms with E-state index in [4.69, 9.17) is 14.2 Å². The summed E-state index contributed by atoms with van der Waals surface area (Å²) in [6, 6.07) is 13.4. The third kappa shape index (κ3) is 4.92. The number of ether oxygens (including phenoxy) is 4. The van der Waals surface area contributed by atoms with E-state index in [1.165, 1.54) is 25.3 Å². The van der Waals surface area contributed by atoms with Crippen LogP contribution in [0.25, 0.3) is 0 Å². The number of carbonyl (C=O) groups excluding carboxylic acids is 1. The van der Waals surface area contributed by atoms with Crippen LogP contribution >= 0.6 is 0 Å². The predicted molar refractivity (Wildman–Crippen MR) is 87.3 cm³/mol. The van der Waals surface area contributed by atoms with Gasteiger partial charge in [0.05, 0.1) is 12.0 Å². The number of carbonyl (C=O) groups is 1. The number of nitrogens with zero attached hydrogens (tertiary/aromatic N) is 1. The number of benzene rings is 2. The molecule has 0 aliphatic heterocycles. The Hall–Kier alpha value is -3.13. The third-order valence-corrected chi connectivity index (χ3v) is 3.22. The van der Waals surface area contributed by atoms with Gasteiger partial charge in [-0.05, 0) is 11.6 Å². The molecular weight excluding hydrogens is 330 g/mol. The summed E-state index contributed by atoms with van der Waals surface area (Å²) < 4.78 is 20.3. The highest BCUT2D eigenvalue weighted by molar-refractivity contribution is 5.73. The van der Waals surface area contributed by atoms with Crippen LogP contribution in [0.1, 0.15) is 5.56 Å². The molecule has 0 heterocycles. The molecule has 0 aromatic heterocycles. The van der Waals surface area contributed by atoms with E-state index in [-0.39, 0.29) is 18.0 Å². The topological polar surface area (TPSA) is 97.1 Å². The summed E-state index contributed by atoms with van der Waals surface area (Å²) >= 11 is 0. The Morgan fingerprint density at radius 3 is 2.48 bits per heavy atom. The van der Waals surface area contributed by atoms with Gasteiger partial charge in [-0.25, -0.2) is 4.79 Å². The molecule has 0 fully saturated rings. The lowest BCUT2D eigenvalue weighted by Gasteiger charge is -2.15. The van der Waals surface area contributed by atoms with Crippen LogP contribution in [0, 0.1) is 10.1 Å². The van der Waals surface area contributed by atoms with Gasteiger partial charge in [-0.3, -0.25) is 10.1 Å². The average molecular weight is 347 g/mol. The second-order valence-electron chi connectivity index (χ2n) is 4.87. The maximum atomic E-state index is 11.6. The zero-order chi connectivity index (χ0) is 18.2. The minimum atomic E-state index is -1.42. The maximum Gasteiger partial charge on any atom is 0.376 e. The lowest BCUT2D eigenvalue weighted by molar-refractivity contribution is -0.386. The first-order chi connectivity index (χ1) is 12.0. The van der Waals surface area contributed by atoms with Crippen molar-refractivity contribution in [2.45, 2.75) is 12.9 Å². The van der Waals surface area contributed by atoms with Crippen LogP contribution in [0.5, 0.6) is 11.5 Å². The van der Waals surface area contributed by atoms with Crippen molar-refractivity contribution in [3.63, 3.8) is 0 Å². The fraction of sp³-hybridized carbons (Fsp3) is 0.235. The van der Waals surface area contributed by atoms with Crippen LogP contribution in [0.2, 0.25) is 0 Å². The molecule has 1 unspecified atom stereocenters. The number of esters is 1. The molecule has 0 aliphatic rings. The molecule has 0 radical (unpaired) electrons. The van der Waals surface area contributed by atoms with E-state index in [9.17, 15) is 14.9 Å². The lowest BCUT2D eigenvalue weighted by Crippen LogP contribution is -2.30. The van der Waals surface area contributed by atoms with Crippen LogP contribution < -0.4 is 9.47 Å². The standard InChI is InChI=1S/C17H17NO7/c1-22-16(19)17(23-2)25-15-10-13(8-9-14(15)18(20)21)24-11-12-6-4-3-5-7-12/h3-10,17H,11H2,1-2H3. The number of rotatable bonds is 8. The first-order valence-electron chi connectivity index (χ1n) is 7.27.